The predicted octanol–water partition coefficient (Wildman–Crippen LogP) is 18.5. The molecule has 0 aliphatic heterocycles. The van der Waals surface area contributed by atoms with Crippen LogP contribution in [0.5, 0.6) is 0 Å². The first-order valence-electron chi connectivity index (χ1n) is 22.2. The molecular weight excluding hydrogens is 823 g/mol. The van der Waals surface area contributed by atoms with Crippen LogP contribution in [-0.4, -0.2) is 4.57 Å². The molecule has 0 saturated heterocycles. The van der Waals surface area contributed by atoms with Gasteiger partial charge in [-0.2, -0.15) is 0 Å². The summed E-state index contributed by atoms with van der Waals surface area (Å²) in [5.41, 5.74) is 13.5. The van der Waals surface area contributed by atoms with Gasteiger partial charge in [-0.3, -0.25) is 0 Å². The Morgan fingerprint density at radius 1 is 0.262 bits per heavy atom. The third-order valence-corrected chi connectivity index (χ3v) is 16.0. The third-order valence-electron chi connectivity index (χ3n) is 13.6. The van der Waals surface area contributed by atoms with Gasteiger partial charge in [-0.25, -0.2) is 0 Å². The minimum atomic E-state index is 1.14. The summed E-state index contributed by atoms with van der Waals surface area (Å²) >= 11 is 3.79. The van der Waals surface area contributed by atoms with Crippen LogP contribution in [0.15, 0.2) is 224 Å². The van der Waals surface area contributed by atoms with Gasteiger partial charge in [0.05, 0.1) is 11.0 Å². The third kappa shape index (κ3) is 5.56. The Hall–Kier alpha value is -7.82. The van der Waals surface area contributed by atoms with Gasteiger partial charge in [0.15, 0.2) is 0 Å². The summed E-state index contributed by atoms with van der Waals surface area (Å²) in [6.45, 7) is 0. The van der Waals surface area contributed by atoms with Crippen molar-refractivity contribution in [2.24, 2.45) is 0 Å². The molecule has 0 radical (unpaired) electrons. The van der Waals surface area contributed by atoms with E-state index in [2.05, 4.69) is 229 Å². The van der Waals surface area contributed by atoms with Gasteiger partial charge in [-0.05, 0) is 115 Å². The number of thiophene rings is 2. The van der Waals surface area contributed by atoms with Crippen molar-refractivity contribution < 1.29 is 0 Å². The average molecular weight is 860 g/mol. The van der Waals surface area contributed by atoms with Gasteiger partial charge in [0, 0.05) is 56.8 Å². The molecule has 11 aromatic carbocycles. The highest BCUT2D eigenvalue weighted by atomic mass is 32.1. The molecular formula is C62H37NS2. The molecule has 0 amide bonds. The number of rotatable bonds is 5. The maximum atomic E-state index is 2.49. The summed E-state index contributed by atoms with van der Waals surface area (Å²) in [6, 6.07) is 83.4. The monoisotopic (exact) mass is 859 g/mol. The normalized spacial score (nSPS) is 12.0. The van der Waals surface area contributed by atoms with Crippen LogP contribution >= 0.6 is 22.7 Å². The highest BCUT2D eigenvalue weighted by molar-refractivity contribution is 7.26. The first-order valence-corrected chi connectivity index (χ1v) is 23.9. The largest absolute Gasteiger partial charge is 0.309 e. The molecule has 302 valence electrons. The van der Waals surface area contributed by atoms with E-state index in [1.807, 2.05) is 22.7 Å². The number of hydrogen-bond donors (Lipinski definition) is 0. The van der Waals surface area contributed by atoms with E-state index >= 15 is 0 Å². The molecule has 0 saturated carbocycles. The van der Waals surface area contributed by atoms with Crippen molar-refractivity contribution in [3.8, 4) is 50.2 Å². The maximum Gasteiger partial charge on any atom is 0.0541 e. The summed E-state index contributed by atoms with van der Waals surface area (Å²) < 4.78 is 7.80. The zero-order chi connectivity index (χ0) is 42.6. The summed E-state index contributed by atoms with van der Waals surface area (Å²) in [6.07, 6.45) is 0. The van der Waals surface area contributed by atoms with Gasteiger partial charge in [0.1, 0.15) is 0 Å². The lowest BCUT2D eigenvalue weighted by Gasteiger charge is -2.18. The van der Waals surface area contributed by atoms with Crippen LogP contribution in [0.2, 0.25) is 0 Å². The molecule has 0 aliphatic rings. The van der Waals surface area contributed by atoms with Gasteiger partial charge in [0.25, 0.3) is 0 Å². The molecule has 0 fully saturated rings. The Kier molecular flexibility index (Phi) is 8.09. The second kappa shape index (κ2) is 14.4. The fraction of sp³-hybridized carbons (Fsp3) is 0. The maximum absolute atomic E-state index is 2.49. The minimum absolute atomic E-state index is 1.14. The molecule has 0 spiro atoms. The molecule has 3 heterocycles. The minimum Gasteiger partial charge on any atom is -0.309 e. The van der Waals surface area contributed by atoms with E-state index in [4.69, 9.17) is 0 Å². The van der Waals surface area contributed by atoms with E-state index in [-0.39, 0.29) is 0 Å². The molecule has 0 unspecified atom stereocenters. The average Bonchev–Trinajstić information content (AvgIpc) is 4.05. The smallest absolute Gasteiger partial charge is 0.0541 e. The molecule has 14 rings (SSSR count). The van der Waals surface area contributed by atoms with Gasteiger partial charge in [-0.15, -0.1) is 22.7 Å². The first kappa shape index (κ1) is 36.6. The van der Waals surface area contributed by atoms with Crippen LogP contribution < -0.4 is 0 Å². The fourth-order valence-electron chi connectivity index (χ4n) is 10.7. The zero-order valence-electron chi connectivity index (χ0n) is 35.1. The van der Waals surface area contributed by atoms with E-state index in [9.17, 15) is 0 Å². The van der Waals surface area contributed by atoms with Crippen LogP contribution in [0.1, 0.15) is 0 Å². The van der Waals surface area contributed by atoms with Crippen LogP contribution in [0, 0.1) is 0 Å². The van der Waals surface area contributed by atoms with Crippen molar-refractivity contribution in [3.05, 3.63) is 224 Å². The Bertz CT molecular complexity index is 4010. The lowest BCUT2D eigenvalue weighted by molar-refractivity contribution is 1.18. The Labute approximate surface area is 383 Å². The Balaban J connectivity index is 1.02. The van der Waals surface area contributed by atoms with Crippen molar-refractivity contribution in [3.63, 3.8) is 0 Å². The zero-order valence-corrected chi connectivity index (χ0v) is 36.8. The van der Waals surface area contributed by atoms with Crippen LogP contribution in [0.3, 0.4) is 0 Å². The van der Waals surface area contributed by atoms with Crippen molar-refractivity contribution in [2.45, 2.75) is 0 Å². The molecule has 0 bridgehead atoms. The van der Waals surface area contributed by atoms with E-state index in [1.165, 1.54) is 128 Å². The number of benzene rings is 11. The molecule has 65 heavy (non-hydrogen) atoms. The highest BCUT2D eigenvalue weighted by Crippen LogP contribution is 2.47. The quantitative estimate of drug-likeness (QED) is 0.152. The van der Waals surface area contributed by atoms with E-state index in [0.717, 1.165) is 5.69 Å². The molecule has 0 atom stereocenters. The van der Waals surface area contributed by atoms with Gasteiger partial charge in [0.2, 0.25) is 0 Å². The predicted molar refractivity (Wildman–Crippen MR) is 283 cm³/mol. The Morgan fingerprint density at radius 2 is 0.677 bits per heavy atom. The van der Waals surface area contributed by atoms with E-state index in [0.29, 0.717) is 0 Å². The number of aromatic nitrogens is 1. The number of nitrogens with zero attached hydrogens (tertiary/aromatic N) is 1. The second-order valence-electron chi connectivity index (χ2n) is 17.1. The van der Waals surface area contributed by atoms with Gasteiger partial charge >= 0.3 is 0 Å². The van der Waals surface area contributed by atoms with Gasteiger partial charge < -0.3 is 4.57 Å². The molecule has 3 heteroatoms. The molecule has 3 aromatic heterocycles. The van der Waals surface area contributed by atoms with E-state index in [1.54, 1.807) is 0 Å². The summed E-state index contributed by atoms with van der Waals surface area (Å²) in [5, 5.41) is 12.8. The summed E-state index contributed by atoms with van der Waals surface area (Å²) in [5.74, 6) is 0. The molecule has 1 nitrogen and oxygen atoms in total. The van der Waals surface area contributed by atoms with Crippen molar-refractivity contribution >= 4 is 106 Å². The van der Waals surface area contributed by atoms with Crippen molar-refractivity contribution in [2.75, 3.05) is 0 Å². The molecule has 0 N–H and O–H groups in total. The van der Waals surface area contributed by atoms with E-state index < -0.39 is 0 Å². The number of hydrogen-bond acceptors (Lipinski definition) is 2. The SMILES string of the molecule is c1ccc(-c2c3ccccc3c(-c3cccc(-n4c5ccc(-c6cccc7c6sc6ccccc67)cc5c5cc(-c6cccc7c6sc6ccccc67)ccc54)c3)c3ccccc23)cc1. The Morgan fingerprint density at radius 3 is 1.20 bits per heavy atom. The lowest BCUT2D eigenvalue weighted by Crippen LogP contribution is -1.95. The van der Waals surface area contributed by atoms with Crippen molar-refractivity contribution in [1.82, 2.24) is 4.57 Å². The summed E-state index contributed by atoms with van der Waals surface area (Å²) in [4.78, 5) is 0. The van der Waals surface area contributed by atoms with Crippen LogP contribution in [0.25, 0.3) is 134 Å². The number of fused-ring (bicyclic) bond motifs is 11. The second-order valence-corrected chi connectivity index (χ2v) is 19.2. The lowest BCUT2D eigenvalue weighted by atomic mass is 9.86. The topological polar surface area (TPSA) is 4.93 Å². The summed E-state index contributed by atoms with van der Waals surface area (Å²) in [7, 11) is 0. The molecule has 14 aromatic rings. The fourth-order valence-corrected chi connectivity index (χ4v) is 13.2. The van der Waals surface area contributed by atoms with Gasteiger partial charge in [-0.1, -0.05) is 176 Å². The first-order chi connectivity index (χ1) is 32.2. The molecule has 0 aliphatic carbocycles. The van der Waals surface area contributed by atoms with Crippen molar-refractivity contribution in [1.29, 1.82) is 0 Å². The van der Waals surface area contributed by atoms with Crippen LogP contribution in [0.4, 0.5) is 0 Å². The highest BCUT2D eigenvalue weighted by Gasteiger charge is 2.20. The van der Waals surface area contributed by atoms with Crippen LogP contribution in [-0.2, 0) is 0 Å². The standard InChI is InChI=1S/C62H37NS2/c1-2-15-38(16-3-1)59-47-21-4-6-23-49(47)60(50-24-7-5-22-48(50)59)41-17-12-18-42(35-41)63-55-33-31-39(43-25-13-27-51-45-19-8-10-29-57(45)64-61(43)51)36-53(55)54-37-40(32-34-56(54)63)44-26-14-28-52-46-20-9-11-30-58(46)65-62(44)52/h1-37H.